The van der Waals surface area contributed by atoms with Crippen molar-refractivity contribution in [1.82, 2.24) is 0 Å². The molecule has 0 saturated heterocycles. The zero-order valence-electron chi connectivity index (χ0n) is 13.1. The van der Waals surface area contributed by atoms with Crippen molar-refractivity contribution in [2.24, 2.45) is 5.92 Å². The fourth-order valence-electron chi connectivity index (χ4n) is 2.53. The second-order valence-electron chi connectivity index (χ2n) is 5.78. The summed E-state index contributed by atoms with van der Waals surface area (Å²) in [6, 6.07) is 8.96. The van der Waals surface area contributed by atoms with Crippen molar-refractivity contribution in [1.29, 1.82) is 0 Å². The lowest BCUT2D eigenvalue weighted by atomic mass is 10.0. The van der Waals surface area contributed by atoms with E-state index in [1.807, 2.05) is 19.1 Å². The molecule has 1 aromatic rings. The molecule has 0 unspecified atom stereocenters. The Bertz CT molecular complexity index is 352. The van der Waals surface area contributed by atoms with Gasteiger partial charge in [0.2, 0.25) is 0 Å². The lowest BCUT2D eigenvalue weighted by Crippen LogP contribution is -2.37. The molecule has 0 spiro atoms. The number of aliphatic hydroxyl groups excluding tert-OH is 1. The van der Waals surface area contributed by atoms with Crippen molar-refractivity contribution in [3.8, 4) is 0 Å². The molecule has 19 heavy (non-hydrogen) atoms. The molecule has 108 valence electrons. The molecule has 0 bridgehead atoms. The Hall–Kier alpha value is -1.02. The summed E-state index contributed by atoms with van der Waals surface area (Å²) in [7, 11) is 0. The van der Waals surface area contributed by atoms with E-state index in [1.54, 1.807) is 0 Å². The van der Waals surface area contributed by atoms with Crippen molar-refractivity contribution < 1.29 is 5.11 Å². The van der Waals surface area contributed by atoms with E-state index < -0.39 is 0 Å². The highest BCUT2D eigenvalue weighted by atomic mass is 16.3. The molecule has 0 aromatic heterocycles. The van der Waals surface area contributed by atoms with Gasteiger partial charge in [-0.3, -0.25) is 0 Å². The molecular weight excluding hydrogens is 234 g/mol. The number of hydrogen-bond acceptors (Lipinski definition) is 2. The Morgan fingerprint density at radius 2 is 1.53 bits per heavy atom. The minimum absolute atomic E-state index is 0.388. The molecular formula is C17H29NO. The third kappa shape index (κ3) is 4.54. The summed E-state index contributed by atoms with van der Waals surface area (Å²) in [6.45, 7) is 11.9. The maximum absolute atomic E-state index is 9.59. The van der Waals surface area contributed by atoms with Gasteiger partial charge in [0, 0.05) is 18.3 Å². The fraction of sp³-hybridized carbons (Fsp3) is 0.647. The molecule has 1 atom stereocenters. The number of rotatable bonds is 7. The van der Waals surface area contributed by atoms with Crippen LogP contribution in [-0.4, -0.2) is 17.7 Å². The second kappa shape index (κ2) is 7.54. The van der Waals surface area contributed by atoms with Gasteiger partial charge in [-0.2, -0.15) is 0 Å². The van der Waals surface area contributed by atoms with Crippen molar-refractivity contribution in [2.75, 3.05) is 11.4 Å². The Morgan fingerprint density at radius 3 is 1.89 bits per heavy atom. The third-order valence-electron chi connectivity index (χ3n) is 3.65. The van der Waals surface area contributed by atoms with Crippen molar-refractivity contribution in [3.63, 3.8) is 0 Å². The quantitative estimate of drug-likeness (QED) is 0.788. The summed E-state index contributed by atoms with van der Waals surface area (Å²) in [5, 5.41) is 9.59. The van der Waals surface area contributed by atoms with E-state index in [9.17, 15) is 5.11 Å². The number of anilines is 1. The van der Waals surface area contributed by atoms with Crippen LogP contribution < -0.4 is 4.90 Å². The smallest absolute Gasteiger partial charge is 0.0761 e. The molecule has 2 heteroatoms. The highest BCUT2D eigenvalue weighted by Crippen LogP contribution is 2.24. The van der Waals surface area contributed by atoms with Gasteiger partial charge in [0.25, 0.3) is 0 Å². The normalized spacial score (nSPS) is 13.1. The highest BCUT2D eigenvalue weighted by Gasteiger charge is 2.17. The zero-order chi connectivity index (χ0) is 14.4. The summed E-state index contributed by atoms with van der Waals surface area (Å²) in [5.74, 6) is 0.650. The zero-order valence-corrected chi connectivity index (χ0v) is 13.1. The minimum Gasteiger partial charge on any atom is -0.389 e. The van der Waals surface area contributed by atoms with E-state index in [1.165, 1.54) is 18.5 Å². The average Bonchev–Trinajstić information content (AvgIpc) is 2.38. The molecule has 2 nitrogen and oxygen atoms in total. The summed E-state index contributed by atoms with van der Waals surface area (Å²) in [6.07, 6.45) is 1.95. The van der Waals surface area contributed by atoms with Crippen LogP contribution in [-0.2, 0) is 0 Å². The van der Waals surface area contributed by atoms with Crippen LogP contribution in [0.5, 0.6) is 0 Å². The Balaban J connectivity index is 2.96. The minimum atomic E-state index is -0.388. The number of aliphatic hydroxyl groups is 1. The topological polar surface area (TPSA) is 23.5 Å². The molecule has 0 heterocycles. The van der Waals surface area contributed by atoms with Crippen molar-refractivity contribution >= 4 is 5.69 Å². The van der Waals surface area contributed by atoms with Gasteiger partial charge in [-0.25, -0.2) is 0 Å². The van der Waals surface area contributed by atoms with Gasteiger partial charge >= 0.3 is 0 Å². The van der Waals surface area contributed by atoms with E-state index in [2.05, 4.69) is 44.7 Å². The first-order chi connectivity index (χ1) is 8.99. The lowest BCUT2D eigenvalue weighted by Gasteiger charge is -2.34. The van der Waals surface area contributed by atoms with E-state index in [-0.39, 0.29) is 6.10 Å². The maximum Gasteiger partial charge on any atom is 0.0761 e. The maximum atomic E-state index is 9.59. The second-order valence-corrected chi connectivity index (χ2v) is 5.78. The molecule has 1 rings (SSSR count). The van der Waals surface area contributed by atoms with Gasteiger partial charge < -0.3 is 10.0 Å². The SMILES string of the molecule is CCC(CC)N(CC(C)C)c1ccc([C@@H](C)O)cc1. The average molecular weight is 263 g/mol. The third-order valence-corrected chi connectivity index (χ3v) is 3.65. The van der Waals surface area contributed by atoms with Crippen LogP contribution in [0.4, 0.5) is 5.69 Å². The number of benzene rings is 1. The Kier molecular flexibility index (Phi) is 6.36. The fourth-order valence-corrected chi connectivity index (χ4v) is 2.53. The largest absolute Gasteiger partial charge is 0.389 e. The predicted molar refractivity (Wildman–Crippen MR) is 83.6 cm³/mol. The van der Waals surface area contributed by atoms with Crippen LogP contribution in [0, 0.1) is 5.92 Å². The molecule has 0 aliphatic heterocycles. The molecule has 0 saturated carbocycles. The monoisotopic (exact) mass is 263 g/mol. The molecule has 1 N–H and O–H groups in total. The Morgan fingerprint density at radius 1 is 1.00 bits per heavy atom. The molecule has 0 fully saturated rings. The summed E-state index contributed by atoms with van der Waals surface area (Å²) < 4.78 is 0. The van der Waals surface area contributed by atoms with E-state index in [4.69, 9.17) is 0 Å². The summed E-state index contributed by atoms with van der Waals surface area (Å²) >= 11 is 0. The first kappa shape index (κ1) is 16.0. The van der Waals surface area contributed by atoms with Crippen LogP contribution in [0.2, 0.25) is 0 Å². The van der Waals surface area contributed by atoms with Gasteiger partial charge in [-0.05, 0) is 43.4 Å². The van der Waals surface area contributed by atoms with Gasteiger partial charge in [0.1, 0.15) is 0 Å². The van der Waals surface area contributed by atoms with Crippen LogP contribution in [0.25, 0.3) is 0 Å². The van der Waals surface area contributed by atoms with Crippen LogP contribution >= 0.6 is 0 Å². The van der Waals surface area contributed by atoms with E-state index in [0.29, 0.717) is 12.0 Å². The van der Waals surface area contributed by atoms with Gasteiger partial charge in [0.15, 0.2) is 0 Å². The molecule has 0 radical (unpaired) electrons. The summed E-state index contributed by atoms with van der Waals surface area (Å²) in [4.78, 5) is 2.51. The van der Waals surface area contributed by atoms with E-state index >= 15 is 0 Å². The van der Waals surface area contributed by atoms with E-state index in [0.717, 1.165) is 12.1 Å². The molecule has 0 amide bonds. The van der Waals surface area contributed by atoms with Gasteiger partial charge in [-0.15, -0.1) is 0 Å². The first-order valence-electron chi connectivity index (χ1n) is 7.54. The molecule has 1 aromatic carbocycles. The number of hydrogen-bond donors (Lipinski definition) is 1. The predicted octanol–water partition coefficient (Wildman–Crippen LogP) is 4.39. The lowest BCUT2D eigenvalue weighted by molar-refractivity contribution is 0.199. The first-order valence-corrected chi connectivity index (χ1v) is 7.54. The standard InChI is InChI=1S/C17H29NO/c1-6-16(7-2)18(12-13(3)4)17-10-8-15(9-11-17)14(5)19/h8-11,13-14,16,19H,6-7,12H2,1-5H3/t14-/m1/s1. The number of nitrogens with zero attached hydrogens (tertiary/aromatic N) is 1. The molecule has 0 aliphatic rings. The van der Waals surface area contributed by atoms with Crippen LogP contribution in [0.1, 0.15) is 59.1 Å². The van der Waals surface area contributed by atoms with Crippen molar-refractivity contribution in [3.05, 3.63) is 29.8 Å². The molecule has 0 aliphatic carbocycles. The van der Waals surface area contributed by atoms with Crippen molar-refractivity contribution in [2.45, 2.75) is 59.6 Å². The Labute approximate surface area is 118 Å². The van der Waals surface area contributed by atoms with Gasteiger partial charge in [0.05, 0.1) is 6.10 Å². The van der Waals surface area contributed by atoms with Crippen LogP contribution in [0.3, 0.4) is 0 Å². The highest BCUT2D eigenvalue weighted by molar-refractivity contribution is 5.49. The van der Waals surface area contributed by atoms with Crippen LogP contribution in [0.15, 0.2) is 24.3 Å². The summed E-state index contributed by atoms with van der Waals surface area (Å²) in [5.41, 5.74) is 2.25. The van der Waals surface area contributed by atoms with Gasteiger partial charge in [-0.1, -0.05) is 39.8 Å².